The van der Waals surface area contributed by atoms with Crippen LogP contribution >= 0.6 is 15.9 Å². The predicted octanol–water partition coefficient (Wildman–Crippen LogP) is 2.77. The van der Waals surface area contributed by atoms with Gasteiger partial charge in [-0.25, -0.2) is 0 Å². The van der Waals surface area contributed by atoms with Crippen LogP contribution in [0.15, 0.2) is 28.7 Å². The number of carboxylic acids is 1. The van der Waals surface area contributed by atoms with E-state index >= 15 is 0 Å². The Morgan fingerprint density at radius 3 is 2.74 bits per heavy atom. The summed E-state index contributed by atoms with van der Waals surface area (Å²) >= 11 is 3.51. The molecule has 0 saturated carbocycles. The van der Waals surface area contributed by atoms with Crippen molar-refractivity contribution < 1.29 is 19.4 Å². The summed E-state index contributed by atoms with van der Waals surface area (Å²) in [6.45, 7) is 2.71. The van der Waals surface area contributed by atoms with E-state index < -0.39 is 11.5 Å². The minimum atomic E-state index is -0.922. The average Bonchev–Trinajstić information content (AvgIpc) is 2.93. The third-order valence-corrected chi connectivity index (χ3v) is 5.04. The van der Waals surface area contributed by atoms with Crippen LogP contribution in [0.5, 0.6) is 0 Å². The van der Waals surface area contributed by atoms with Gasteiger partial charge in [0.2, 0.25) is 5.91 Å². The molecule has 1 fully saturated rings. The number of carbonyl (C=O) groups excluding carboxylic acids is 1. The minimum Gasteiger partial charge on any atom is -0.481 e. The zero-order valence-electron chi connectivity index (χ0n) is 13.2. The molecule has 0 aliphatic carbocycles. The number of hydrogen-bond donors (Lipinski definition) is 2. The lowest BCUT2D eigenvalue weighted by molar-refractivity contribution is -0.139. The highest BCUT2D eigenvalue weighted by molar-refractivity contribution is 9.10. The van der Waals surface area contributed by atoms with Crippen LogP contribution in [-0.2, 0) is 20.7 Å². The average molecular weight is 384 g/mol. The van der Waals surface area contributed by atoms with Gasteiger partial charge in [-0.15, -0.1) is 0 Å². The summed E-state index contributed by atoms with van der Waals surface area (Å²) < 4.78 is 6.31. The first-order valence-corrected chi connectivity index (χ1v) is 8.60. The number of hydrogen-bond acceptors (Lipinski definition) is 3. The van der Waals surface area contributed by atoms with Crippen LogP contribution in [0.2, 0.25) is 0 Å². The summed E-state index contributed by atoms with van der Waals surface area (Å²) in [5, 5.41) is 12.1. The van der Waals surface area contributed by atoms with E-state index in [-0.39, 0.29) is 24.9 Å². The summed E-state index contributed by atoms with van der Waals surface area (Å²) in [6, 6.07) is 7.83. The van der Waals surface area contributed by atoms with E-state index in [1.807, 2.05) is 31.2 Å². The molecule has 1 heterocycles. The second-order valence-electron chi connectivity index (χ2n) is 6.04. The van der Waals surface area contributed by atoms with Crippen molar-refractivity contribution in [1.82, 2.24) is 5.32 Å². The third-order valence-electron chi connectivity index (χ3n) is 4.27. The van der Waals surface area contributed by atoms with E-state index in [0.717, 1.165) is 10.0 Å². The number of aliphatic carboxylic acids is 1. The van der Waals surface area contributed by atoms with Gasteiger partial charge in [-0.05, 0) is 30.9 Å². The van der Waals surface area contributed by atoms with Crippen molar-refractivity contribution >= 4 is 27.8 Å². The van der Waals surface area contributed by atoms with Crippen molar-refractivity contribution in [2.45, 2.75) is 38.1 Å². The SMILES string of the molecule is CCC(Cc1ccccc1Br)C(=O)NC1(CC(=O)O)CCOC1. The largest absolute Gasteiger partial charge is 0.481 e. The van der Waals surface area contributed by atoms with Gasteiger partial charge in [0.1, 0.15) is 0 Å². The van der Waals surface area contributed by atoms with E-state index in [0.29, 0.717) is 25.9 Å². The van der Waals surface area contributed by atoms with E-state index in [1.54, 1.807) is 0 Å². The lowest BCUT2D eigenvalue weighted by Gasteiger charge is -2.29. The Balaban J connectivity index is 2.07. The molecule has 2 N–H and O–H groups in total. The van der Waals surface area contributed by atoms with Crippen LogP contribution in [0.4, 0.5) is 0 Å². The molecule has 1 saturated heterocycles. The van der Waals surface area contributed by atoms with Crippen molar-refractivity contribution in [1.29, 1.82) is 0 Å². The van der Waals surface area contributed by atoms with Gasteiger partial charge in [0, 0.05) is 17.0 Å². The molecule has 1 aliphatic heterocycles. The molecule has 2 unspecified atom stereocenters. The summed E-state index contributed by atoms with van der Waals surface area (Å²) in [6.07, 6.45) is 1.74. The number of halogens is 1. The van der Waals surface area contributed by atoms with Crippen molar-refractivity contribution in [2.75, 3.05) is 13.2 Å². The van der Waals surface area contributed by atoms with Crippen LogP contribution < -0.4 is 5.32 Å². The molecule has 0 aromatic heterocycles. The number of nitrogens with one attached hydrogen (secondary N) is 1. The maximum Gasteiger partial charge on any atom is 0.305 e. The predicted molar refractivity (Wildman–Crippen MR) is 90.2 cm³/mol. The van der Waals surface area contributed by atoms with Gasteiger partial charge in [-0.1, -0.05) is 41.1 Å². The molecular formula is C17H22BrNO4. The highest BCUT2D eigenvalue weighted by atomic mass is 79.9. The van der Waals surface area contributed by atoms with Crippen LogP contribution in [0.25, 0.3) is 0 Å². The smallest absolute Gasteiger partial charge is 0.305 e. The molecule has 0 radical (unpaired) electrons. The quantitative estimate of drug-likeness (QED) is 0.758. The van der Waals surface area contributed by atoms with Gasteiger partial charge in [-0.2, -0.15) is 0 Å². The fourth-order valence-electron chi connectivity index (χ4n) is 2.89. The molecule has 126 valence electrons. The highest BCUT2D eigenvalue weighted by Crippen LogP contribution is 2.25. The number of carboxylic acid groups (broad SMARTS) is 1. The fraction of sp³-hybridized carbons (Fsp3) is 0.529. The van der Waals surface area contributed by atoms with Crippen molar-refractivity contribution in [3.8, 4) is 0 Å². The molecule has 0 spiro atoms. The van der Waals surface area contributed by atoms with E-state index in [9.17, 15) is 9.59 Å². The number of benzene rings is 1. The third kappa shape index (κ3) is 4.78. The molecule has 23 heavy (non-hydrogen) atoms. The van der Waals surface area contributed by atoms with E-state index in [4.69, 9.17) is 9.84 Å². The normalized spacial score (nSPS) is 21.8. The zero-order chi connectivity index (χ0) is 16.9. The molecule has 1 amide bonds. The minimum absolute atomic E-state index is 0.102. The Morgan fingerprint density at radius 2 is 2.17 bits per heavy atom. The number of rotatable bonds is 7. The van der Waals surface area contributed by atoms with Gasteiger partial charge < -0.3 is 15.2 Å². The molecule has 0 bridgehead atoms. The molecule has 2 atom stereocenters. The highest BCUT2D eigenvalue weighted by Gasteiger charge is 2.39. The van der Waals surface area contributed by atoms with E-state index in [1.165, 1.54) is 0 Å². The summed E-state index contributed by atoms with van der Waals surface area (Å²) in [4.78, 5) is 23.8. The van der Waals surface area contributed by atoms with Crippen molar-refractivity contribution in [3.05, 3.63) is 34.3 Å². The first-order chi connectivity index (χ1) is 11.0. The molecule has 1 aromatic carbocycles. The van der Waals surface area contributed by atoms with Crippen LogP contribution in [0, 0.1) is 5.92 Å². The van der Waals surface area contributed by atoms with Crippen molar-refractivity contribution in [2.24, 2.45) is 5.92 Å². The zero-order valence-corrected chi connectivity index (χ0v) is 14.8. The maximum atomic E-state index is 12.7. The lowest BCUT2D eigenvalue weighted by atomic mass is 9.90. The van der Waals surface area contributed by atoms with E-state index in [2.05, 4.69) is 21.2 Å². The van der Waals surface area contributed by atoms with Gasteiger partial charge in [0.15, 0.2) is 0 Å². The number of amides is 1. The molecule has 2 rings (SSSR count). The fourth-order valence-corrected chi connectivity index (χ4v) is 3.34. The van der Waals surface area contributed by atoms with Crippen LogP contribution in [0.1, 0.15) is 31.7 Å². The number of ether oxygens (including phenoxy) is 1. The lowest BCUT2D eigenvalue weighted by Crippen LogP contribution is -2.52. The second-order valence-corrected chi connectivity index (χ2v) is 6.90. The Bertz CT molecular complexity index is 569. The van der Waals surface area contributed by atoms with Crippen molar-refractivity contribution in [3.63, 3.8) is 0 Å². The monoisotopic (exact) mass is 383 g/mol. The van der Waals surface area contributed by atoms with Crippen LogP contribution in [0.3, 0.4) is 0 Å². The van der Waals surface area contributed by atoms with Gasteiger partial charge in [0.05, 0.1) is 18.6 Å². The molecule has 1 aromatic rings. The summed E-state index contributed by atoms with van der Waals surface area (Å²) in [5.41, 5.74) is 0.300. The van der Waals surface area contributed by atoms with Crippen LogP contribution in [-0.4, -0.2) is 35.7 Å². The second kappa shape index (κ2) is 7.93. The summed E-state index contributed by atoms with van der Waals surface area (Å²) in [7, 11) is 0. The maximum absolute atomic E-state index is 12.7. The van der Waals surface area contributed by atoms with Gasteiger partial charge in [-0.3, -0.25) is 9.59 Å². The Hall–Kier alpha value is -1.40. The Labute approximate surface area is 144 Å². The molecular weight excluding hydrogens is 362 g/mol. The Morgan fingerprint density at radius 1 is 1.43 bits per heavy atom. The number of carbonyl (C=O) groups is 2. The summed E-state index contributed by atoms with van der Waals surface area (Å²) in [5.74, 6) is -1.22. The standard InChI is InChI=1S/C17H22BrNO4/c1-2-12(9-13-5-3-4-6-14(13)18)16(22)19-17(10-15(20)21)7-8-23-11-17/h3-6,12H,2,7-11H2,1H3,(H,19,22)(H,20,21). The first kappa shape index (κ1) is 17.9. The molecule has 5 nitrogen and oxygen atoms in total. The van der Waals surface area contributed by atoms with Gasteiger partial charge in [0.25, 0.3) is 0 Å². The molecule has 6 heteroatoms. The molecule has 1 aliphatic rings. The Kier molecular flexibility index (Phi) is 6.18. The van der Waals surface area contributed by atoms with Gasteiger partial charge >= 0.3 is 5.97 Å². The first-order valence-electron chi connectivity index (χ1n) is 7.81. The topological polar surface area (TPSA) is 75.6 Å².